The van der Waals surface area contributed by atoms with Crippen LogP contribution in [0.1, 0.15) is 19.3 Å². The highest BCUT2D eigenvalue weighted by atomic mass is 35.6. The monoisotopic (exact) mass is 276 g/mol. The lowest BCUT2D eigenvalue weighted by molar-refractivity contribution is 0.206. The molecule has 1 rings (SSSR count). The van der Waals surface area contributed by atoms with Gasteiger partial charge in [0, 0.05) is 0 Å². The van der Waals surface area contributed by atoms with Crippen molar-refractivity contribution in [3.05, 3.63) is 11.1 Å². The predicted molar refractivity (Wildman–Crippen MR) is 60.7 cm³/mol. The average Bonchev–Trinajstić information content (AvgIpc) is 2.14. The van der Waals surface area contributed by atoms with Crippen LogP contribution in [0.25, 0.3) is 0 Å². The zero-order valence-corrected chi connectivity index (χ0v) is 10.2. The average molecular weight is 278 g/mol. The van der Waals surface area contributed by atoms with Crippen molar-refractivity contribution in [2.75, 3.05) is 0 Å². The van der Waals surface area contributed by atoms with E-state index in [1.165, 1.54) is 0 Å². The van der Waals surface area contributed by atoms with Crippen molar-refractivity contribution in [3.8, 4) is 0 Å². The van der Waals surface area contributed by atoms with Crippen molar-refractivity contribution in [1.82, 2.24) is 0 Å². The maximum absolute atomic E-state index is 6.85. The van der Waals surface area contributed by atoms with E-state index in [0.717, 1.165) is 19.3 Å². The molecule has 0 bridgehead atoms. The molecule has 1 N–H and O–H groups in total. The van der Waals surface area contributed by atoms with Crippen LogP contribution in [-0.2, 0) is 4.74 Å². The number of halogens is 4. The molecule has 0 radical (unpaired) electrons. The molecule has 0 fully saturated rings. The molecule has 0 saturated heterocycles. The van der Waals surface area contributed by atoms with E-state index in [1.54, 1.807) is 0 Å². The second-order valence-corrected chi connectivity index (χ2v) is 5.65. The van der Waals surface area contributed by atoms with Crippen LogP contribution in [0.5, 0.6) is 0 Å². The van der Waals surface area contributed by atoms with E-state index in [0.29, 0.717) is 5.03 Å². The summed E-state index contributed by atoms with van der Waals surface area (Å²) >= 11 is 22.6. The van der Waals surface area contributed by atoms with Crippen LogP contribution in [0, 0.1) is 5.40 Å². The number of nitrogens with one attached hydrogen (secondary N) is 1. The van der Waals surface area contributed by atoms with Gasteiger partial charge in [-0.25, -0.2) is 0 Å². The predicted octanol–water partition coefficient (Wildman–Crippen LogP) is 4.03. The summed E-state index contributed by atoms with van der Waals surface area (Å²) < 4.78 is 10.3. The molecule has 0 aromatic rings. The fraction of sp³-hybridized carbons (Fsp3) is 0.625. The Morgan fingerprint density at radius 3 is 2.86 bits per heavy atom. The maximum Gasteiger partial charge on any atom is 0.265 e. The molecule has 14 heavy (non-hydrogen) atoms. The Morgan fingerprint density at radius 2 is 2.36 bits per heavy atom. The highest BCUT2D eigenvalue weighted by molar-refractivity contribution is 6.76. The van der Waals surface area contributed by atoms with E-state index >= 15 is 0 Å². The third-order valence-corrected chi connectivity index (χ3v) is 2.70. The lowest BCUT2D eigenvalue weighted by Crippen LogP contribution is -2.28. The maximum atomic E-state index is 6.85. The van der Waals surface area contributed by atoms with E-state index in [-0.39, 0.29) is 12.0 Å². The lowest BCUT2D eigenvalue weighted by Gasteiger charge is -2.24. The molecule has 2 nitrogen and oxygen atoms in total. The van der Waals surface area contributed by atoms with Gasteiger partial charge in [-0.2, -0.15) is 0 Å². The highest BCUT2D eigenvalue weighted by Crippen LogP contribution is 2.31. The summed E-state index contributed by atoms with van der Waals surface area (Å²) in [6.07, 6.45) is 4.09. The van der Waals surface area contributed by atoms with Gasteiger partial charge < -0.3 is 4.74 Å². The van der Waals surface area contributed by atoms with Crippen molar-refractivity contribution < 1.29 is 6.15 Å². The molecule has 0 aliphatic heterocycles. The Balaban J connectivity index is 2.68. The Morgan fingerprint density at radius 1 is 1.64 bits per heavy atom. The molecule has 0 heterocycles. The fourth-order valence-electron chi connectivity index (χ4n) is 1.13. The van der Waals surface area contributed by atoms with E-state index in [4.69, 9.17) is 52.6 Å². The molecule has 1 atom stereocenters. The second-order valence-electron chi connectivity index (χ2n) is 2.93. The van der Waals surface area contributed by atoms with E-state index in [2.05, 4.69) is 5.40 Å². The normalized spacial score (nSPS) is 25.4. The van der Waals surface area contributed by atoms with Gasteiger partial charge in [-0.3, -0.25) is 5.40 Å². The molecule has 0 unspecified atom stereocenters. The summed E-state index contributed by atoms with van der Waals surface area (Å²) in [4.78, 5) is 0. The minimum Gasteiger partial charge on any atom is -0.469 e. The van der Waals surface area contributed by atoms with Crippen molar-refractivity contribution in [3.63, 3.8) is 0 Å². The van der Waals surface area contributed by atoms with Gasteiger partial charge in [0.15, 0.2) is 1.41 Å². The molecular weight excluding hydrogens is 268 g/mol. The standard InChI is InChI=1S/C8H9Cl4NO/c9-5-3-1-2-4-6(5)14-7(13)8(10,11)12/h3,6,13H,1-2,4H2/t6-/m1/s1/i/hD. The van der Waals surface area contributed by atoms with Crippen molar-refractivity contribution in [2.45, 2.75) is 29.2 Å². The first-order chi connectivity index (χ1) is 6.95. The fourth-order valence-corrected chi connectivity index (χ4v) is 1.53. The molecule has 1 aliphatic rings. The summed E-state index contributed by atoms with van der Waals surface area (Å²) in [5.74, 6) is -0.258. The quantitative estimate of drug-likeness (QED) is 0.438. The van der Waals surface area contributed by atoms with E-state index < -0.39 is 3.79 Å². The van der Waals surface area contributed by atoms with Crippen LogP contribution in [0.2, 0.25) is 1.41 Å². The topological polar surface area (TPSA) is 33.1 Å². The van der Waals surface area contributed by atoms with Crippen LogP contribution in [-0.4, -0.2) is 15.8 Å². The number of ether oxygens (including phenoxy) is 1. The molecule has 0 saturated carbocycles. The van der Waals surface area contributed by atoms with Crippen molar-refractivity contribution >= 4 is 52.3 Å². The minimum atomic E-state index is -1.82. The Kier molecular flexibility index (Phi) is 3.83. The number of hydrogen-bond acceptors (Lipinski definition) is 2. The summed E-state index contributed by atoms with van der Waals surface area (Å²) in [6.45, 7) is 0. The summed E-state index contributed by atoms with van der Waals surface area (Å²) in [5.41, 5.74) is 0. The van der Waals surface area contributed by atoms with Crippen LogP contribution in [0.4, 0.5) is 0 Å². The zero-order chi connectivity index (χ0) is 11.5. The molecule has 0 spiro atoms. The summed E-state index contributed by atoms with van der Waals surface area (Å²) in [7, 11) is 0. The smallest absolute Gasteiger partial charge is 0.265 e. The molecule has 0 amide bonds. The zero-order valence-electron chi connectivity index (χ0n) is 8.14. The van der Waals surface area contributed by atoms with Gasteiger partial charge >= 0.3 is 0 Å². The largest absolute Gasteiger partial charge is 0.469 e. The van der Waals surface area contributed by atoms with Crippen LogP contribution < -0.4 is 0 Å². The number of hydrogen-bond donors (Lipinski definition) is 1. The Labute approximate surface area is 104 Å². The Hall–Kier alpha value is 0.370. The second kappa shape index (κ2) is 4.93. The van der Waals surface area contributed by atoms with Gasteiger partial charge in [0.05, 0.1) is 5.03 Å². The van der Waals surface area contributed by atoms with E-state index in [1.807, 2.05) is 6.08 Å². The first-order valence-electron chi connectivity index (χ1n) is 4.51. The van der Waals surface area contributed by atoms with Gasteiger partial charge in [0.2, 0.25) is 5.90 Å². The first-order valence-corrected chi connectivity index (χ1v) is 5.58. The van der Waals surface area contributed by atoms with Gasteiger partial charge in [-0.15, -0.1) is 0 Å². The molecule has 6 heteroatoms. The number of rotatable bonds is 1. The molecule has 1 aliphatic carbocycles. The molecule has 80 valence electrons. The van der Waals surface area contributed by atoms with Gasteiger partial charge in [0.25, 0.3) is 3.79 Å². The third kappa shape index (κ3) is 3.50. The molecule has 0 aromatic heterocycles. The molecular formula is C8H9Cl4NO. The SMILES string of the molecule is [2H]N=C(O[C@@H]1CCCC=C1Cl)C(Cl)(Cl)Cl. The molecule has 0 aromatic carbocycles. The first kappa shape index (κ1) is 10.9. The van der Waals surface area contributed by atoms with Gasteiger partial charge in [-0.05, 0) is 19.3 Å². The highest BCUT2D eigenvalue weighted by Gasteiger charge is 2.31. The van der Waals surface area contributed by atoms with Crippen molar-refractivity contribution in [1.29, 1.82) is 5.40 Å². The van der Waals surface area contributed by atoms with Crippen LogP contribution in [0.3, 0.4) is 0 Å². The third-order valence-electron chi connectivity index (χ3n) is 1.81. The van der Waals surface area contributed by atoms with Gasteiger partial charge in [-0.1, -0.05) is 52.5 Å². The number of allylic oxidation sites excluding steroid dienone is 1. The van der Waals surface area contributed by atoms with Gasteiger partial charge in [0.1, 0.15) is 6.10 Å². The van der Waals surface area contributed by atoms with Crippen LogP contribution >= 0.6 is 46.4 Å². The van der Waals surface area contributed by atoms with Crippen molar-refractivity contribution in [2.24, 2.45) is 0 Å². The summed E-state index contributed by atoms with van der Waals surface area (Å²) in [5, 5.41) is 3.62. The minimum absolute atomic E-state index is 0.258. The lowest BCUT2D eigenvalue weighted by atomic mass is 10.1. The summed E-state index contributed by atoms with van der Waals surface area (Å²) in [6, 6.07) is 0. The Bertz CT molecular complexity index is 287. The van der Waals surface area contributed by atoms with Crippen LogP contribution in [0.15, 0.2) is 11.1 Å². The number of alkyl halides is 3. The van der Waals surface area contributed by atoms with E-state index in [9.17, 15) is 0 Å².